The van der Waals surface area contributed by atoms with Crippen molar-refractivity contribution in [3.05, 3.63) is 23.8 Å². The van der Waals surface area contributed by atoms with Crippen LogP contribution in [0.25, 0.3) is 0 Å². The number of rotatable bonds is 7. The van der Waals surface area contributed by atoms with Crippen LogP contribution in [0.2, 0.25) is 0 Å². The van der Waals surface area contributed by atoms with E-state index < -0.39 is 0 Å². The van der Waals surface area contributed by atoms with E-state index >= 15 is 0 Å². The van der Waals surface area contributed by atoms with Gasteiger partial charge in [-0.05, 0) is 50.3 Å². The van der Waals surface area contributed by atoms with E-state index in [1.165, 1.54) is 5.56 Å². The summed E-state index contributed by atoms with van der Waals surface area (Å²) < 4.78 is 11.1. The molecule has 2 atom stereocenters. The highest BCUT2D eigenvalue weighted by Gasteiger charge is 2.24. The van der Waals surface area contributed by atoms with Crippen molar-refractivity contribution in [2.75, 3.05) is 18.5 Å². The molecule has 0 spiro atoms. The fourth-order valence-electron chi connectivity index (χ4n) is 2.47. The third-order valence-electron chi connectivity index (χ3n) is 3.73. The Kier molecular flexibility index (Phi) is 6.70. The highest BCUT2D eigenvalue weighted by atomic mass is 79.9. The first-order chi connectivity index (χ1) is 10.6. The second-order valence-electron chi connectivity index (χ2n) is 5.46. The minimum atomic E-state index is -0.332. The molecule has 4 nitrogen and oxygen atoms in total. The van der Waals surface area contributed by atoms with Crippen molar-refractivity contribution in [1.29, 1.82) is 0 Å². The molecule has 122 valence electrons. The highest BCUT2D eigenvalue weighted by Crippen LogP contribution is 2.28. The number of halogens is 1. The summed E-state index contributed by atoms with van der Waals surface area (Å²) in [6.45, 7) is 5.33. The predicted octanol–water partition coefficient (Wildman–Crippen LogP) is 3.92. The first-order valence-electron chi connectivity index (χ1n) is 7.96. The van der Waals surface area contributed by atoms with Crippen molar-refractivity contribution in [2.24, 2.45) is 0 Å². The summed E-state index contributed by atoms with van der Waals surface area (Å²) in [4.78, 5) is 12.6. The molecule has 0 aromatic heterocycles. The van der Waals surface area contributed by atoms with Crippen LogP contribution in [0.4, 0.5) is 5.69 Å². The number of hydrogen-bond donors (Lipinski definition) is 1. The molecule has 1 aliphatic heterocycles. The van der Waals surface area contributed by atoms with Gasteiger partial charge in [0, 0.05) is 11.4 Å². The standard InChI is InChI=1S/C17H24BrNO3/c1-3-13(18)10-12-7-8-14(16(11-12)21-4-2)19-17(20)15-6-5-9-22-15/h7-8,11,13,15H,3-6,9-10H2,1-2H3,(H,19,20). The maximum atomic E-state index is 12.2. The van der Waals surface area contributed by atoms with E-state index in [1.54, 1.807) is 0 Å². The molecule has 1 saturated heterocycles. The Labute approximate surface area is 140 Å². The minimum absolute atomic E-state index is 0.0851. The largest absolute Gasteiger partial charge is 0.492 e. The van der Waals surface area contributed by atoms with Gasteiger partial charge in [0.15, 0.2) is 0 Å². The van der Waals surface area contributed by atoms with E-state index in [2.05, 4.69) is 28.2 Å². The van der Waals surface area contributed by atoms with Gasteiger partial charge in [0.1, 0.15) is 11.9 Å². The molecule has 1 fully saturated rings. The molecule has 0 saturated carbocycles. The molecule has 2 unspecified atom stereocenters. The lowest BCUT2D eigenvalue weighted by Crippen LogP contribution is -2.27. The van der Waals surface area contributed by atoms with Crippen molar-refractivity contribution in [1.82, 2.24) is 0 Å². The molecule has 0 bridgehead atoms. The third kappa shape index (κ3) is 4.71. The molecule has 1 amide bonds. The van der Waals surface area contributed by atoms with E-state index in [1.807, 2.05) is 25.1 Å². The van der Waals surface area contributed by atoms with Gasteiger partial charge in [-0.25, -0.2) is 0 Å². The van der Waals surface area contributed by atoms with Crippen LogP contribution in [0.1, 0.15) is 38.7 Å². The number of nitrogens with one attached hydrogen (secondary N) is 1. The summed E-state index contributed by atoms with van der Waals surface area (Å²) in [6.07, 6.45) is 3.41. The molecule has 1 aromatic carbocycles. The third-order valence-corrected chi connectivity index (χ3v) is 4.70. The Morgan fingerprint density at radius 3 is 2.95 bits per heavy atom. The zero-order valence-corrected chi connectivity index (χ0v) is 14.8. The lowest BCUT2D eigenvalue weighted by atomic mass is 10.1. The van der Waals surface area contributed by atoms with E-state index in [0.29, 0.717) is 23.7 Å². The summed E-state index contributed by atoms with van der Waals surface area (Å²) in [5.41, 5.74) is 1.91. The molecule has 0 aliphatic carbocycles. The lowest BCUT2D eigenvalue weighted by molar-refractivity contribution is -0.124. The lowest BCUT2D eigenvalue weighted by Gasteiger charge is -2.16. The zero-order chi connectivity index (χ0) is 15.9. The molecular weight excluding hydrogens is 346 g/mol. The number of hydrogen-bond acceptors (Lipinski definition) is 3. The van der Waals surface area contributed by atoms with Gasteiger partial charge in [0.2, 0.25) is 0 Å². The van der Waals surface area contributed by atoms with Crippen LogP contribution in [-0.4, -0.2) is 30.1 Å². The van der Waals surface area contributed by atoms with Gasteiger partial charge in [-0.1, -0.05) is 28.9 Å². The van der Waals surface area contributed by atoms with Gasteiger partial charge in [-0.2, -0.15) is 0 Å². The average Bonchev–Trinajstić information content (AvgIpc) is 3.04. The zero-order valence-electron chi connectivity index (χ0n) is 13.2. The SMILES string of the molecule is CCOc1cc(CC(Br)CC)ccc1NC(=O)C1CCCO1. The van der Waals surface area contributed by atoms with Crippen LogP contribution in [0.3, 0.4) is 0 Å². The Morgan fingerprint density at radius 2 is 2.32 bits per heavy atom. The van der Waals surface area contributed by atoms with Gasteiger partial charge in [-0.15, -0.1) is 0 Å². The quantitative estimate of drug-likeness (QED) is 0.740. The van der Waals surface area contributed by atoms with Gasteiger partial charge < -0.3 is 14.8 Å². The Morgan fingerprint density at radius 1 is 1.50 bits per heavy atom. The first-order valence-corrected chi connectivity index (χ1v) is 8.87. The molecule has 5 heteroatoms. The van der Waals surface area contributed by atoms with Crippen LogP contribution in [-0.2, 0) is 16.0 Å². The Balaban J connectivity index is 2.10. The number of carbonyl (C=O) groups excluding carboxylic acids is 1. The molecule has 22 heavy (non-hydrogen) atoms. The molecular formula is C17H24BrNO3. The summed E-state index contributed by atoms with van der Waals surface area (Å²) in [5.74, 6) is 0.639. The monoisotopic (exact) mass is 369 g/mol. The summed E-state index contributed by atoms with van der Waals surface area (Å²) in [6, 6.07) is 5.97. The second kappa shape index (κ2) is 8.53. The van der Waals surface area contributed by atoms with Crippen molar-refractivity contribution in [3.63, 3.8) is 0 Å². The number of ether oxygens (including phenoxy) is 2. The Bertz CT molecular complexity index is 501. The number of carbonyl (C=O) groups is 1. The van der Waals surface area contributed by atoms with Gasteiger partial charge in [-0.3, -0.25) is 4.79 Å². The fraction of sp³-hybridized carbons (Fsp3) is 0.588. The highest BCUT2D eigenvalue weighted by molar-refractivity contribution is 9.09. The summed E-state index contributed by atoms with van der Waals surface area (Å²) in [7, 11) is 0. The maximum absolute atomic E-state index is 12.2. The second-order valence-corrected chi connectivity index (χ2v) is 6.76. The molecule has 2 rings (SSSR count). The van der Waals surface area contributed by atoms with E-state index in [9.17, 15) is 4.79 Å². The van der Waals surface area contributed by atoms with Crippen molar-refractivity contribution in [3.8, 4) is 5.75 Å². The van der Waals surface area contributed by atoms with Crippen LogP contribution in [0.15, 0.2) is 18.2 Å². The molecule has 1 N–H and O–H groups in total. The van der Waals surface area contributed by atoms with Gasteiger partial charge in [0.05, 0.1) is 12.3 Å². The number of alkyl halides is 1. The van der Waals surface area contributed by atoms with E-state index in [4.69, 9.17) is 9.47 Å². The molecule has 1 aliphatic rings. The number of anilines is 1. The minimum Gasteiger partial charge on any atom is -0.492 e. The van der Waals surface area contributed by atoms with Crippen LogP contribution < -0.4 is 10.1 Å². The summed E-state index contributed by atoms with van der Waals surface area (Å²) in [5, 5.41) is 2.93. The van der Waals surface area contributed by atoms with E-state index in [0.717, 1.165) is 31.4 Å². The van der Waals surface area contributed by atoms with Crippen LogP contribution in [0, 0.1) is 0 Å². The first kappa shape index (κ1) is 17.3. The average molecular weight is 370 g/mol. The molecule has 1 heterocycles. The van der Waals surface area contributed by atoms with Crippen molar-refractivity contribution >= 4 is 27.5 Å². The normalized spacial score (nSPS) is 19.0. The van der Waals surface area contributed by atoms with Crippen molar-refractivity contribution in [2.45, 2.75) is 50.5 Å². The molecule has 0 radical (unpaired) electrons. The Hall–Kier alpha value is -1.07. The van der Waals surface area contributed by atoms with Crippen LogP contribution >= 0.6 is 15.9 Å². The smallest absolute Gasteiger partial charge is 0.253 e. The van der Waals surface area contributed by atoms with Gasteiger partial charge >= 0.3 is 0 Å². The van der Waals surface area contributed by atoms with E-state index in [-0.39, 0.29) is 12.0 Å². The van der Waals surface area contributed by atoms with Crippen molar-refractivity contribution < 1.29 is 14.3 Å². The van der Waals surface area contributed by atoms with Crippen LogP contribution in [0.5, 0.6) is 5.75 Å². The number of benzene rings is 1. The molecule has 1 aromatic rings. The topological polar surface area (TPSA) is 47.6 Å². The maximum Gasteiger partial charge on any atom is 0.253 e. The summed E-state index contributed by atoms with van der Waals surface area (Å²) >= 11 is 3.65. The van der Waals surface area contributed by atoms with Gasteiger partial charge in [0.25, 0.3) is 5.91 Å². The fourth-order valence-corrected chi connectivity index (χ4v) is 2.84. The number of amides is 1. The predicted molar refractivity (Wildman–Crippen MR) is 91.9 cm³/mol.